The van der Waals surface area contributed by atoms with Crippen molar-refractivity contribution in [3.8, 4) is 11.1 Å². The standard InChI is InChI=1S/C22H26O2/c1-3-5-15-24-16-22(21(23)10-4-2)19-13-8-6-11-17(19)18-12-7-9-14-20(18)22/h6-9,11-14H,3-5,10,15-16H2,1-2H3. The summed E-state index contributed by atoms with van der Waals surface area (Å²) in [7, 11) is 0. The quantitative estimate of drug-likeness (QED) is 0.629. The number of ketones is 1. The van der Waals surface area contributed by atoms with Crippen LogP contribution in [0.25, 0.3) is 11.1 Å². The third kappa shape index (κ3) is 2.69. The van der Waals surface area contributed by atoms with E-state index in [9.17, 15) is 4.79 Å². The average Bonchev–Trinajstić information content (AvgIpc) is 2.91. The first kappa shape index (κ1) is 16.9. The summed E-state index contributed by atoms with van der Waals surface area (Å²) in [5, 5.41) is 0. The normalized spacial score (nSPS) is 14.2. The smallest absolute Gasteiger partial charge is 0.150 e. The van der Waals surface area contributed by atoms with Crippen LogP contribution in [0.4, 0.5) is 0 Å². The first-order valence-electron chi connectivity index (χ1n) is 9.06. The van der Waals surface area contributed by atoms with E-state index < -0.39 is 5.41 Å². The predicted octanol–water partition coefficient (Wildman–Crippen LogP) is 5.14. The van der Waals surface area contributed by atoms with E-state index in [4.69, 9.17) is 4.74 Å². The Hall–Kier alpha value is -1.93. The molecule has 24 heavy (non-hydrogen) atoms. The molecule has 126 valence electrons. The number of carbonyl (C=O) groups is 1. The van der Waals surface area contributed by atoms with Gasteiger partial charge in [0.15, 0.2) is 0 Å². The van der Waals surface area contributed by atoms with Crippen molar-refractivity contribution in [3.63, 3.8) is 0 Å². The first-order valence-corrected chi connectivity index (χ1v) is 9.06. The Morgan fingerprint density at radius 1 is 0.917 bits per heavy atom. The number of fused-ring (bicyclic) bond motifs is 3. The molecule has 2 aromatic carbocycles. The Bertz CT molecular complexity index is 672. The summed E-state index contributed by atoms with van der Waals surface area (Å²) < 4.78 is 6.02. The van der Waals surface area contributed by atoms with E-state index in [0.717, 1.165) is 30.4 Å². The van der Waals surface area contributed by atoms with Crippen LogP contribution < -0.4 is 0 Å². The van der Waals surface area contributed by atoms with Crippen LogP contribution in [0.15, 0.2) is 48.5 Å². The minimum absolute atomic E-state index is 0.277. The Kier molecular flexibility index (Phi) is 5.15. The summed E-state index contributed by atoms with van der Waals surface area (Å²) in [6.07, 6.45) is 3.57. The molecule has 0 atom stereocenters. The number of Topliss-reactive ketones (excluding diaryl/α,β-unsaturated/α-hetero) is 1. The Morgan fingerprint density at radius 3 is 2.04 bits per heavy atom. The maximum atomic E-state index is 13.3. The summed E-state index contributed by atoms with van der Waals surface area (Å²) in [4.78, 5) is 13.3. The highest BCUT2D eigenvalue weighted by atomic mass is 16.5. The van der Waals surface area contributed by atoms with Gasteiger partial charge in [-0.25, -0.2) is 0 Å². The van der Waals surface area contributed by atoms with Gasteiger partial charge in [-0.15, -0.1) is 0 Å². The SMILES string of the molecule is CCCCOCC1(C(=O)CCC)c2ccccc2-c2ccccc21. The lowest BCUT2D eigenvalue weighted by Crippen LogP contribution is -2.40. The summed E-state index contributed by atoms with van der Waals surface area (Å²) in [5.41, 5.74) is 3.94. The molecule has 2 aromatic rings. The summed E-state index contributed by atoms with van der Waals surface area (Å²) in [6.45, 7) is 5.37. The number of carbonyl (C=O) groups excluding carboxylic acids is 1. The van der Waals surface area contributed by atoms with E-state index in [1.165, 1.54) is 11.1 Å². The molecule has 2 heteroatoms. The van der Waals surface area contributed by atoms with E-state index >= 15 is 0 Å². The van der Waals surface area contributed by atoms with Crippen LogP contribution >= 0.6 is 0 Å². The van der Waals surface area contributed by atoms with Gasteiger partial charge in [0.2, 0.25) is 0 Å². The van der Waals surface area contributed by atoms with Crippen LogP contribution in [0, 0.1) is 0 Å². The lowest BCUT2D eigenvalue weighted by molar-refractivity contribution is -0.125. The Labute approximate surface area is 144 Å². The van der Waals surface area contributed by atoms with Gasteiger partial charge in [0.25, 0.3) is 0 Å². The topological polar surface area (TPSA) is 26.3 Å². The van der Waals surface area contributed by atoms with Crippen molar-refractivity contribution in [1.82, 2.24) is 0 Å². The molecule has 1 aliphatic carbocycles. The first-order chi connectivity index (χ1) is 11.8. The summed E-state index contributed by atoms with van der Waals surface area (Å²) >= 11 is 0. The van der Waals surface area contributed by atoms with Crippen molar-refractivity contribution < 1.29 is 9.53 Å². The van der Waals surface area contributed by atoms with Crippen molar-refractivity contribution in [2.24, 2.45) is 0 Å². The molecule has 0 aliphatic heterocycles. The maximum absolute atomic E-state index is 13.3. The molecule has 3 rings (SSSR count). The fraction of sp³-hybridized carbons (Fsp3) is 0.409. The van der Waals surface area contributed by atoms with Crippen LogP contribution in [-0.4, -0.2) is 19.0 Å². The van der Waals surface area contributed by atoms with Gasteiger partial charge < -0.3 is 4.74 Å². The van der Waals surface area contributed by atoms with Gasteiger partial charge in [0, 0.05) is 13.0 Å². The Morgan fingerprint density at radius 2 is 1.50 bits per heavy atom. The number of unbranched alkanes of at least 4 members (excludes halogenated alkanes) is 1. The van der Waals surface area contributed by atoms with Gasteiger partial charge in [-0.1, -0.05) is 68.8 Å². The van der Waals surface area contributed by atoms with E-state index in [1.807, 2.05) is 24.3 Å². The van der Waals surface area contributed by atoms with Gasteiger partial charge >= 0.3 is 0 Å². The molecule has 2 nitrogen and oxygen atoms in total. The molecule has 0 saturated carbocycles. The monoisotopic (exact) mass is 322 g/mol. The minimum Gasteiger partial charge on any atom is -0.380 e. The average molecular weight is 322 g/mol. The molecule has 0 spiro atoms. The highest BCUT2D eigenvalue weighted by Gasteiger charge is 2.48. The van der Waals surface area contributed by atoms with Crippen LogP contribution in [-0.2, 0) is 14.9 Å². The van der Waals surface area contributed by atoms with Crippen molar-refractivity contribution >= 4 is 5.78 Å². The van der Waals surface area contributed by atoms with Crippen LogP contribution in [0.3, 0.4) is 0 Å². The zero-order valence-electron chi connectivity index (χ0n) is 14.7. The third-order valence-electron chi connectivity index (χ3n) is 4.98. The lowest BCUT2D eigenvalue weighted by atomic mass is 9.74. The molecule has 0 saturated heterocycles. The highest BCUT2D eigenvalue weighted by molar-refractivity contribution is 6.01. The molecule has 0 amide bonds. The Balaban J connectivity index is 2.11. The zero-order valence-corrected chi connectivity index (χ0v) is 14.7. The molecule has 0 unspecified atom stereocenters. The largest absolute Gasteiger partial charge is 0.380 e. The number of hydrogen-bond donors (Lipinski definition) is 0. The number of benzene rings is 2. The lowest BCUT2D eigenvalue weighted by Gasteiger charge is -2.30. The maximum Gasteiger partial charge on any atom is 0.150 e. The van der Waals surface area contributed by atoms with Crippen molar-refractivity contribution in [1.29, 1.82) is 0 Å². The second-order valence-electron chi connectivity index (χ2n) is 6.58. The van der Waals surface area contributed by atoms with E-state index in [0.29, 0.717) is 19.6 Å². The van der Waals surface area contributed by atoms with Gasteiger partial charge in [-0.2, -0.15) is 0 Å². The molecule has 0 aromatic heterocycles. The third-order valence-corrected chi connectivity index (χ3v) is 4.98. The number of rotatable bonds is 8. The van der Waals surface area contributed by atoms with E-state index in [1.54, 1.807) is 0 Å². The van der Waals surface area contributed by atoms with E-state index in [-0.39, 0.29) is 5.78 Å². The highest BCUT2D eigenvalue weighted by Crippen LogP contribution is 2.50. The summed E-state index contributed by atoms with van der Waals surface area (Å²) in [6, 6.07) is 16.6. The summed E-state index contributed by atoms with van der Waals surface area (Å²) in [5.74, 6) is 0.277. The van der Waals surface area contributed by atoms with Crippen molar-refractivity contribution in [3.05, 3.63) is 59.7 Å². The van der Waals surface area contributed by atoms with Crippen molar-refractivity contribution in [2.45, 2.75) is 44.9 Å². The molecule has 0 heterocycles. The zero-order chi connectivity index (χ0) is 17.0. The van der Waals surface area contributed by atoms with Crippen LogP contribution in [0.2, 0.25) is 0 Å². The number of ether oxygens (including phenoxy) is 1. The predicted molar refractivity (Wildman–Crippen MR) is 98.3 cm³/mol. The van der Waals surface area contributed by atoms with Gasteiger partial charge in [-0.05, 0) is 35.1 Å². The number of hydrogen-bond acceptors (Lipinski definition) is 2. The molecule has 0 bridgehead atoms. The molecule has 0 radical (unpaired) electrons. The fourth-order valence-electron chi connectivity index (χ4n) is 3.77. The molecular formula is C22H26O2. The molecule has 0 fully saturated rings. The molecule has 0 N–H and O–H groups in total. The molecular weight excluding hydrogens is 296 g/mol. The minimum atomic E-state index is -0.642. The van der Waals surface area contributed by atoms with Crippen LogP contribution in [0.5, 0.6) is 0 Å². The van der Waals surface area contributed by atoms with Gasteiger partial charge in [0.1, 0.15) is 11.2 Å². The van der Waals surface area contributed by atoms with Gasteiger partial charge in [0.05, 0.1) is 6.61 Å². The van der Waals surface area contributed by atoms with Crippen LogP contribution in [0.1, 0.15) is 50.7 Å². The second-order valence-corrected chi connectivity index (χ2v) is 6.58. The second kappa shape index (κ2) is 7.31. The van der Waals surface area contributed by atoms with E-state index in [2.05, 4.69) is 38.1 Å². The van der Waals surface area contributed by atoms with Gasteiger partial charge in [-0.3, -0.25) is 4.79 Å². The van der Waals surface area contributed by atoms with Crippen molar-refractivity contribution in [2.75, 3.05) is 13.2 Å². The molecule has 1 aliphatic rings. The fourth-order valence-corrected chi connectivity index (χ4v) is 3.77.